The topological polar surface area (TPSA) is 6.48 Å². The molecule has 2 aromatic rings. The molecule has 0 fully saturated rings. The summed E-state index contributed by atoms with van der Waals surface area (Å²) in [6.07, 6.45) is 0. The van der Waals surface area contributed by atoms with Crippen LogP contribution in [0.15, 0.2) is 48.5 Å². The number of benzene rings is 2. The monoisotopic (exact) mass is 332 g/mol. The molecule has 0 aliphatic rings. The number of nitrogens with zero attached hydrogens (tertiary/aromatic N) is 2. The van der Waals surface area contributed by atoms with Crippen LogP contribution in [-0.2, 0) is 11.5 Å². The van der Waals surface area contributed by atoms with Crippen LogP contribution in [0.1, 0.15) is 11.1 Å². The molecular formula is C18H24N2S2. The van der Waals surface area contributed by atoms with E-state index in [2.05, 4.69) is 86.5 Å². The molecule has 0 amide bonds. The van der Waals surface area contributed by atoms with Crippen LogP contribution in [0, 0.1) is 0 Å². The summed E-state index contributed by atoms with van der Waals surface area (Å²) in [6, 6.07) is 17.2. The Morgan fingerprint density at radius 3 is 1.36 bits per heavy atom. The fourth-order valence-corrected chi connectivity index (χ4v) is 4.52. The molecule has 0 bridgehead atoms. The van der Waals surface area contributed by atoms with E-state index in [1.54, 1.807) is 0 Å². The zero-order valence-corrected chi connectivity index (χ0v) is 15.4. The Morgan fingerprint density at radius 2 is 1.00 bits per heavy atom. The van der Waals surface area contributed by atoms with Crippen molar-refractivity contribution in [2.24, 2.45) is 0 Å². The van der Waals surface area contributed by atoms with Crippen molar-refractivity contribution in [2.45, 2.75) is 11.5 Å². The third kappa shape index (κ3) is 4.62. The summed E-state index contributed by atoms with van der Waals surface area (Å²) >= 11 is 0. The second-order valence-corrected chi connectivity index (χ2v) is 8.03. The highest BCUT2D eigenvalue weighted by Gasteiger charge is 2.06. The lowest BCUT2D eigenvalue weighted by Gasteiger charge is -2.18. The van der Waals surface area contributed by atoms with E-state index in [0.717, 1.165) is 11.5 Å². The number of rotatable bonds is 7. The van der Waals surface area contributed by atoms with Crippen LogP contribution in [0.3, 0.4) is 0 Å². The molecule has 2 rings (SSSR count). The average Bonchev–Trinajstić information content (AvgIpc) is 2.52. The number of hydrogen-bond acceptors (Lipinski definition) is 4. The van der Waals surface area contributed by atoms with Crippen LogP contribution in [-0.4, -0.2) is 28.2 Å². The Kier molecular flexibility index (Phi) is 6.52. The maximum Gasteiger partial charge on any atom is 0.0402 e. The molecule has 0 saturated heterocycles. The largest absolute Gasteiger partial charge is 0.377 e. The molecule has 0 radical (unpaired) electrons. The summed E-state index contributed by atoms with van der Waals surface area (Å²) in [6.45, 7) is 0. The first-order chi connectivity index (χ1) is 10.6. The van der Waals surface area contributed by atoms with Gasteiger partial charge in [-0.1, -0.05) is 58.0 Å². The van der Waals surface area contributed by atoms with Crippen LogP contribution in [0.25, 0.3) is 0 Å². The van der Waals surface area contributed by atoms with Crippen molar-refractivity contribution in [3.8, 4) is 0 Å². The summed E-state index contributed by atoms with van der Waals surface area (Å²) in [7, 11) is 12.3. The highest BCUT2D eigenvalue weighted by Crippen LogP contribution is 2.34. The maximum absolute atomic E-state index is 2.22. The van der Waals surface area contributed by atoms with Crippen molar-refractivity contribution in [3.05, 3.63) is 59.7 Å². The molecule has 0 aliphatic carbocycles. The molecule has 0 heterocycles. The van der Waals surface area contributed by atoms with Gasteiger partial charge >= 0.3 is 0 Å². The van der Waals surface area contributed by atoms with Crippen molar-refractivity contribution < 1.29 is 0 Å². The molecule has 22 heavy (non-hydrogen) atoms. The fourth-order valence-electron chi connectivity index (χ4n) is 2.35. The Morgan fingerprint density at radius 1 is 0.636 bits per heavy atom. The van der Waals surface area contributed by atoms with E-state index < -0.39 is 0 Å². The number of para-hydroxylation sites is 2. The molecule has 0 N–H and O–H groups in total. The quantitative estimate of drug-likeness (QED) is 0.525. The van der Waals surface area contributed by atoms with Crippen LogP contribution < -0.4 is 9.80 Å². The van der Waals surface area contributed by atoms with E-state index in [4.69, 9.17) is 0 Å². The predicted molar refractivity (Wildman–Crippen MR) is 104 cm³/mol. The van der Waals surface area contributed by atoms with Crippen molar-refractivity contribution >= 4 is 33.0 Å². The molecular weight excluding hydrogens is 308 g/mol. The van der Waals surface area contributed by atoms with Gasteiger partial charge in [0.1, 0.15) is 0 Å². The van der Waals surface area contributed by atoms with Crippen LogP contribution >= 0.6 is 21.6 Å². The highest BCUT2D eigenvalue weighted by atomic mass is 33.1. The van der Waals surface area contributed by atoms with E-state index >= 15 is 0 Å². The van der Waals surface area contributed by atoms with Gasteiger partial charge in [0.15, 0.2) is 0 Å². The molecule has 2 aromatic carbocycles. The van der Waals surface area contributed by atoms with Gasteiger partial charge in [-0.05, 0) is 23.3 Å². The predicted octanol–water partition coefficient (Wildman–Crippen LogP) is 4.90. The van der Waals surface area contributed by atoms with Crippen LogP contribution in [0.4, 0.5) is 11.4 Å². The molecule has 0 spiro atoms. The SMILES string of the molecule is CN(C)c1ccccc1CSSCc1ccccc1N(C)C. The second kappa shape index (κ2) is 8.39. The number of hydrogen-bond donors (Lipinski definition) is 0. The number of anilines is 2. The van der Waals surface area contributed by atoms with Crippen molar-refractivity contribution in [2.75, 3.05) is 38.0 Å². The second-order valence-electron chi connectivity index (χ2n) is 5.57. The smallest absolute Gasteiger partial charge is 0.0402 e. The van der Waals surface area contributed by atoms with E-state index in [9.17, 15) is 0 Å². The summed E-state index contributed by atoms with van der Waals surface area (Å²) in [4.78, 5) is 4.36. The molecule has 0 aromatic heterocycles. The minimum Gasteiger partial charge on any atom is -0.377 e. The first-order valence-corrected chi connectivity index (χ1v) is 9.83. The van der Waals surface area contributed by atoms with Gasteiger partial charge in [0, 0.05) is 51.1 Å². The van der Waals surface area contributed by atoms with Gasteiger partial charge in [-0.25, -0.2) is 0 Å². The van der Waals surface area contributed by atoms with Gasteiger partial charge in [-0.15, -0.1) is 0 Å². The molecule has 0 unspecified atom stereocenters. The fraction of sp³-hybridized carbons (Fsp3) is 0.333. The average molecular weight is 333 g/mol. The lowest BCUT2D eigenvalue weighted by Crippen LogP contribution is -2.10. The zero-order chi connectivity index (χ0) is 15.9. The van der Waals surface area contributed by atoms with E-state index in [1.165, 1.54) is 22.5 Å². The molecule has 2 nitrogen and oxygen atoms in total. The van der Waals surface area contributed by atoms with Crippen molar-refractivity contribution in [1.82, 2.24) is 0 Å². The van der Waals surface area contributed by atoms with Crippen LogP contribution in [0.2, 0.25) is 0 Å². The summed E-state index contributed by atoms with van der Waals surface area (Å²) in [5.41, 5.74) is 5.41. The summed E-state index contributed by atoms with van der Waals surface area (Å²) in [5.74, 6) is 2.06. The van der Waals surface area contributed by atoms with Gasteiger partial charge in [0.05, 0.1) is 0 Å². The highest BCUT2D eigenvalue weighted by molar-refractivity contribution is 8.76. The van der Waals surface area contributed by atoms with Gasteiger partial charge in [-0.2, -0.15) is 0 Å². The van der Waals surface area contributed by atoms with Crippen molar-refractivity contribution in [3.63, 3.8) is 0 Å². The minimum absolute atomic E-state index is 1.03. The molecule has 0 aliphatic heterocycles. The van der Waals surface area contributed by atoms with Gasteiger partial charge in [0.2, 0.25) is 0 Å². The first-order valence-electron chi connectivity index (χ1n) is 7.34. The standard InChI is InChI=1S/C18H24N2S2/c1-19(2)17-11-7-5-9-15(17)13-21-22-14-16-10-6-8-12-18(16)20(3)4/h5-12H,13-14H2,1-4H3. The van der Waals surface area contributed by atoms with Gasteiger partial charge < -0.3 is 9.80 Å². The van der Waals surface area contributed by atoms with E-state index in [0.29, 0.717) is 0 Å². The van der Waals surface area contributed by atoms with Crippen molar-refractivity contribution in [1.29, 1.82) is 0 Å². The van der Waals surface area contributed by atoms with Gasteiger partial charge in [0.25, 0.3) is 0 Å². The Hall–Kier alpha value is -1.26. The molecule has 4 heteroatoms. The Labute approximate surface area is 142 Å². The zero-order valence-electron chi connectivity index (χ0n) is 13.7. The molecule has 118 valence electrons. The normalized spacial score (nSPS) is 10.5. The van der Waals surface area contributed by atoms with E-state index in [1.807, 2.05) is 21.6 Å². The maximum atomic E-state index is 2.22. The van der Waals surface area contributed by atoms with Gasteiger partial charge in [-0.3, -0.25) is 0 Å². The first kappa shape index (κ1) is 17.1. The Bertz CT molecular complexity index is 544. The lowest BCUT2D eigenvalue weighted by atomic mass is 10.2. The summed E-state index contributed by atoms with van der Waals surface area (Å²) < 4.78 is 0. The molecule has 0 atom stereocenters. The summed E-state index contributed by atoms with van der Waals surface area (Å²) in [5, 5.41) is 0. The van der Waals surface area contributed by atoms with Crippen LogP contribution in [0.5, 0.6) is 0 Å². The van der Waals surface area contributed by atoms with E-state index in [-0.39, 0.29) is 0 Å². The third-order valence-corrected chi connectivity index (χ3v) is 5.69. The minimum atomic E-state index is 1.03. The lowest BCUT2D eigenvalue weighted by molar-refractivity contribution is 1.11. The molecule has 0 saturated carbocycles. The Balaban J connectivity index is 1.91. The third-order valence-electron chi connectivity index (χ3n) is 3.46.